The van der Waals surface area contributed by atoms with Crippen molar-refractivity contribution in [2.45, 2.75) is 70.6 Å². The SMILES string of the molecule is COC(=O)c1ccc(OC[C@@H]2CC3CCCCC3N2C(=O)OC(C)(C)C)cc1. The van der Waals surface area contributed by atoms with Gasteiger partial charge in [-0.25, -0.2) is 9.59 Å². The van der Waals surface area contributed by atoms with E-state index in [-0.39, 0.29) is 24.1 Å². The summed E-state index contributed by atoms with van der Waals surface area (Å²) in [5.74, 6) is 0.825. The molecule has 0 N–H and O–H groups in total. The molecule has 1 saturated carbocycles. The van der Waals surface area contributed by atoms with Crippen molar-refractivity contribution in [2.24, 2.45) is 5.92 Å². The molecule has 1 aliphatic carbocycles. The van der Waals surface area contributed by atoms with Gasteiger partial charge in [0.15, 0.2) is 0 Å². The summed E-state index contributed by atoms with van der Waals surface area (Å²) in [7, 11) is 1.36. The lowest BCUT2D eigenvalue weighted by atomic mass is 9.85. The van der Waals surface area contributed by atoms with Crippen LogP contribution < -0.4 is 4.74 Å². The Kier molecular flexibility index (Phi) is 6.16. The summed E-state index contributed by atoms with van der Waals surface area (Å²) in [6.45, 7) is 6.11. The number of rotatable bonds is 4. The number of hydrogen-bond acceptors (Lipinski definition) is 5. The summed E-state index contributed by atoms with van der Waals surface area (Å²) in [6, 6.07) is 7.13. The van der Waals surface area contributed by atoms with E-state index < -0.39 is 5.60 Å². The van der Waals surface area contributed by atoms with Crippen LogP contribution in [0.5, 0.6) is 5.75 Å². The number of esters is 1. The minimum absolute atomic E-state index is 0.00299. The van der Waals surface area contributed by atoms with Crippen LogP contribution in [0.1, 0.15) is 63.2 Å². The first-order valence-corrected chi connectivity index (χ1v) is 10.1. The first kappa shape index (κ1) is 20.5. The second-order valence-corrected chi connectivity index (χ2v) is 8.72. The van der Waals surface area contributed by atoms with Crippen LogP contribution in [-0.2, 0) is 9.47 Å². The highest BCUT2D eigenvalue weighted by atomic mass is 16.6. The number of methoxy groups -OCH3 is 1. The second kappa shape index (κ2) is 8.41. The van der Waals surface area contributed by atoms with E-state index in [0.717, 1.165) is 25.7 Å². The zero-order valence-corrected chi connectivity index (χ0v) is 17.3. The van der Waals surface area contributed by atoms with E-state index >= 15 is 0 Å². The molecule has 0 aromatic heterocycles. The first-order valence-electron chi connectivity index (χ1n) is 10.1. The third kappa shape index (κ3) is 4.78. The van der Waals surface area contributed by atoms with Gasteiger partial charge < -0.3 is 14.2 Å². The molecule has 1 aliphatic heterocycles. The average molecular weight is 389 g/mol. The van der Waals surface area contributed by atoms with Crippen molar-refractivity contribution >= 4 is 12.1 Å². The van der Waals surface area contributed by atoms with Crippen LogP contribution in [0.3, 0.4) is 0 Å². The molecule has 1 saturated heterocycles. The van der Waals surface area contributed by atoms with Gasteiger partial charge >= 0.3 is 12.1 Å². The Bertz CT molecular complexity index is 694. The van der Waals surface area contributed by atoms with Gasteiger partial charge in [0.05, 0.1) is 18.7 Å². The molecule has 1 heterocycles. The molecule has 28 heavy (non-hydrogen) atoms. The van der Waals surface area contributed by atoms with Crippen LogP contribution in [0.25, 0.3) is 0 Å². The number of hydrogen-bond donors (Lipinski definition) is 0. The summed E-state index contributed by atoms with van der Waals surface area (Å²) in [5.41, 5.74) is -0.0315. The van der Waals surface area contributed by atoms with E-state index in [1.807, 2.05) is 25.7 Å². The highest BCUT2D eigenvalue weighted by Crippen LogP contribution is 2.40. The number of nitrogens with zero attached hydrogens (tertiary/aromatic N) is 1. The largest absolute Gasteiger partial charge is 0.491 e. The fourth-order valence-electron chi connectivity index (χ4n) is 4.31. The van der Waals surface area contributed by atoms with Gasteiger partial charge in [0, 0.05) is 6.04 Å². The second-order valence-electron chi connectivity index (χ2n) is 8.72. The van der Waals surface area contributed by atoms with Crippen LogP contribution in [0.15, 0.2) is 24.3 Å². The Morgan fingerprint density at radius 3 is 2.43 bits per heavy atom. The minimum Gasteiger partial charge on any atom is -0.491 e. The molecular weight excluding hydrogens is 358 g/mol. The Morgan fingerprint density at radius 2 is 1.79 bits per heavy atom. The molecule has 3 rings (SSSR count). The molecule has 1 aromatic carbocycles. The molecule has 6 heteroatoms. The molecule has 3 atom stereocenters. The Labute approximate surface area is 167 Å². The van der Waals surface area contributed by atoms with Gasteiger partial charge in [0.25, 0.3) is 0 Å². The third-order valence-corrected chi connectivity index (χ3v) is 5.52. The average Bonchev–Trinajstić information content (AvgIpc) is 3.03. The van der Waals surface area contributed by atoms with Gasteiger partial charge in [0.2, 0.25) is 0 Å². The maximum Gasteiger partial charge on any atom is 0.410 e. The Balaban J connectivity index is 1.68. The summed E-state index contributed by atoms with van der Waals surface area (Å²) >= 11 is 0. The number of amides is 1. The lowest BCUT2D eigenvalue weighted by Crippen LogP contribution is -2.47. The molecule has 2 unspecified atom stereocenters. The lowest BCUT2D eigenvalue weighted by Gasteiger charge is -2.35. The minimum atomic E-state index is -0.515. The monoisotopic (exact) mass is 389 g/mol. The van der Waals surface area contributed by atoms with E-state index in [2.05, 4.69) is 0 Å². The van der Waals surface area contributed by atoms with Crippen LogP contribution in [-0.4, -0.2) is 48.4 Å². The van der Waals surface area contributed by atoms with Crippen molar-refractivity contribution in [3.8, 4) is 5.75 Å². The molecule has 1 aromatic rings. The van der Waals surface area contributed by atoms with E-state index in [0.29, 0.717) is 23.8 Å². The highest BCUT2D eigenvalue weighted by molar-refractivity contribution is 5.89. The van der Waals surface area contributed by atoms with Gasteiger partial charge in [-0.15, -0.1) is 0 Å². The standard InChI is InChI=1S/C22H31NO5/c1-22(2,3)28-21(25)23-17(13-16-7-5-6-8-19(16)23)14-27-18-11-9-15(10-12-18)20(24)26-4/h9-12,16-17,19H,5-8,13-14H2,1-4H3/t16?,17-,19?/m0/s1. The maximum atomic E-state index is 12.9. The first-order chi connectivity index (χ1) is 13.3. The summed E-state index contributed by atoms with van der Waals surface area (Å²) in [6.07, 6.45) is 5.29. The summed E-state index contributed by atoms with van der Waals surface area (Å²) < 4.78 is 16.4. The Morgan fingerprint density at radius 1 is 1.11 bits per heavy atom. The fourth-order valence-corrected chi connectivity index (χ4v) is 4.31. The quantitative estimate of drug-likeness (QED) is 0.713. The molecule has 2 aliphatic rings. The van der Waals surface area contributed by atoms with Gasteiger partial charge in [-0.05, 0) is 70.2 Å². The third-order valence-electron chi connectivity index (χ3n) is 5.52. The van der Waals surface area contributed by atoms with Crippen LogP contribution in [0, 0.1) is 5.92 Å². The number of likely N-dealkylation sites (tertiary alicyclic amines) is 1. The number of carbonyl (C=O) groups is 2. The number of carbonyl (C=O) groups excluding carboxylic acids is 2. The maximum absolute atomic E-state index is 12.9. The van der Waals surface area contributed by atoms with Crippen LogP contribution in [0.2, 0.25) is 0 Å². The summed E-state index contributed by atoms with van der Waals surface area (Å²) in [5, 5.41) is 0. The van der Waals surface area contributed by atoms with Crippen molar-refractivity contribution in [3.05, 3.63) is 29.8 Å². The van der Waals surface area contributed by atoms with E-state index in [1.165, 1.54) is 13.5 Å². The molecule has 1 amide bonds. The highest BCUT2D eigenvalue weighted by Gasteiger charge is 2.46. The predicted molar refractivity (Wildman–Crippen MR) is 106 cm³/mol. The molecule has 0 radical (unpaired) electrons. The fraction of sp³-hybridized carbons (Fsp3) is 0.636. The molecule has 0 spiro atoms. The van der Waals surface area contributed by atoms with E-state index in [1.54, 1.807) is 24.3 Å². The van der Waals surface area contributed by atoms with Gasteiger partial charge in [-0.1, -0.05) is 12.8 Å². The number of fused-ring (bicyclic) bond motifs is 1. The number of ether oxygens (including phenoxy) is 3. The zero-order chi connectivity index (χ0) is 20.3. The van der Waals surface area contributed by atoms with E-state index in [4.69, 9.17) is 14.2 Å². The van der Waals surface area contributed by atoms with Gasteiger partial charge in [0.1, 0.15) is 18.0 Å². The van der Waals surface area contributed by atoms with Crippen LogP contribution in [0.4, 0.5) is 4.79 Å². The number of benzene rings is 1. The van der Waals surface area contributed by atoms with Crippen molar-refractivity contribution in [1.29, 1.82) is 0 Å². The topological polar surface area (TPSA) is 65.1 Å². The molecule has 6 nitrogen and oxygen atoms in total. The predicted octanol–water partition coefficient (Wildman–Crippen LogP) is 4.42. The van der Waals surface area contributed by atoms with Crippen molar-refractivity contribution in [1.82, 2.24) is 4.90 Å². The summed E-state index contributed by atoms with van der Waals surface area (Å²) in [4.78, 5) is 26.4. The van der Waals surface area contributed by atoms with Crippen molar-refractivity contribution < 1.29 is 23.8 Å². The van der Waals surface area contributed by atoms with Crippen molar-refractivity contribution in [3.63, 3.8) is 0 Å². The smallest absolute Gasteiger partial charge is 0.410 e. The molecule has 154 valence electrons. The lowest BCUT2D eigenvalue weighted by molar-refractivity contribution is 0.00625. The zero-order valence-electron chi connectivity index (χ0n) is 17.3. The van der Waals surface area contributed by atoms with Gasteiger partial charge in [-0.3, -0.25) is 4.90 Å². The van der Waals surface area contributed by atoms with Crippen LogP contribution >= 0.6 is 0 Å². The Hall–Kier alpha value is -2.24. The van der Waals surface area contributed by atoms with E-state index in [9.17, 15) is 9.59 Å². The van der Waals surface area contributed by atoms with Crippen molar-refractivity contribution in [2.75, 3.05) is 13.7 Å². The molecule has 2 fully saturated rings. The molecule has 0 bridgehead atoms. The molecular formula is C22H31NO5. The normalized spacial score (nSPS) is 24.4. The van der Waals surface area contributed by atoms with Gasteiger partial charge in [-0.2, -0.15) is 0 Å².